The monoisotopic (exact) mass is 563 g/mol. The Morgan fingerprint density at radius 3 is 2.46 bits per heavy atom. The molecule has 1 amide bonds. The van der Waals surface area contributed by atoms with E-state index in [0.29, 0.717) is 38.3 Å². The number of carbonyl (C=O) groups excluding carboxylic acids is 2. The summed E-state index contributed by atoms with van der Waals surface area (Å²) in [7, 11) is 3.03. The molecule has 0 spiro atoms. The normalized spacial score (nSPS) is 16.5. The topological polar surface area (TPSA) is 102 Å². The number of nitrogens with zero attached hydrogens (tertiary/aromatic N) is 3. The van der Waals surface area contributed by atoms with Crippen LogP contribution in [0.2, 0.25) is 0 Å². The summed E-state index contributed by atoms with van der Waals surface area (Å²) in [6.45, 7) is 0. The molecule has 1 saturated heterocycles. The molecule has 1 N–H and O–H groups in total. The van der Waals surface area contributed by atoms with Gasteiger partial charge in [0, 0.05) is 11.3 Å². The molecule has 1 aliphatic rings. The van der Waals surface area contributed by atoms with Crippen LogP contribution in [0, 0.1) is 5.82 Å². The lowest BCUT2D eigenvalue weighted by Gasteiger charge is -2.23. The summed E-state index contributed by atoms with van der Waals surface area (Å²) in [5.74, 6) is -0.947. The quantitative estimate of drug-likeness (QED) is 0.0970. The minimum absolute atomic E-state index is 0.0887. The van der Waals surface area contributed by atoms with E-state index in [1.54, 1.807) is 66.7 Å². The summed E-state index contributed by atoms with van der Waals surface area (Å²) < 4.78 is 25.1. The molecule has 0 aliphatic carbocycles. The maximum atomic E-state index is 14.1. The van der Waals surface area contributed by atoms with E-state index in [-0.39, 0.29) is 22.3 Å². The molecule has 4 aromatic rings. The Balaban J connectivity index is 1.55. The molecular weight excluding hydrogens is 541 g/mol. The Hall–Kier alpha value is -4.22. The van der Waals surface area contributed by atoms with Gasteiger partial charge in [-0.25, -0.2) is 4.39 Å². The highest BCUT2D eigenvalue weighted by Crippen LogP contribution is 2.44. The Bertz CT molecular complexity index is 1570. The van der Waals surface area contributed by atoms with Gasteiger partial charge in [-0.1, -0.05) is 53.4 Å². The van der Waals surface area contributed by atoms with E-state index in [2.05, 4.69) is 10.2 Å². The molecule has 2 heterocycles. The third kappa shape index (κ3) is 5.23. The van der Waals surface area contributed by atoms with E-state index in [1.165, 1.54) is 36.9 Å². The van der Waals surface area contributed by atoms with Gasteiger partial charge in [0.2, 0.25) is 5.13 Å². The zero-order valence-corrected chi connectivity index (χ0v) is 22.5. The third-order valence-electron chi connectivity index (χ3n) is 6.13. The van der Waals surface area contributed by atoms with Crippen molar-refractivity contribution >= 4 is 45.7 Å². The second-order valence-electron chi connectivity index (χ2n) is 8.40. The Morgan fingerprint density at radius 2 is 1.74 bits per heavy atom. The van der Waals surface area contributed by atoms with Crippen molar-refractivity contribution in [2.24, 2.45) is 0 Å². The molecule has 5 rings (SSSR count). The number of anilines is 1. The van der Waals surface area contributed by atoms with Gasteiger partial charge in [-0.3, -0.25) is 14.5 Å². The first-order valence-electron chi connectivity index (χ1n) is 11.7. The molecule has 1 unspecified atom stereocenters. The van der Waals surface area contributed by atoms with E-state index < -0.39 is 17.7 Å². The number of benzene rings is 3. The molecular formula is C28H22FN3O5S2. The highest BCUT2D eigenvalue weighted by atomic mass is 32.2. The average molecular weight is 564 g/mol. The summed E-state index contributed by atoms with van der Waals surface area (Å²) >= 11 is 2.37. The second kappa shape index (κ2) is 11.3. The molecule has 0 bridgehead atoms. The number of rotatable bonds is 8. The molecule has 1 aliphatic heterocycles. The fraction of sp³-hybridized carbons (Fsp3) is 0.143. The van der Waals surface area contributed by atoms with Crippen LogP contribution in [0.15, 0.2) is 82.7 Å². The molecule has 1 fully saturated rings. The van der Waals surface area contributed by atoms with E-state index in [0.717, 1.165) is 11.3 Å². The molecule has 1 aromatic heterocycles. The zero-order valence-electron chi connectivity index (χ0n) is 20.8. The predicted octanol–water partition coefficient (Wildman–Crippen LogP) is 5.61. The van der Waals surface area contributed by atoms with Crippen molar-refractivity contribution in [2.45, 2.75) is 16.1 Å². The number of hydrogen-bond acceptors (Lipinski definition) is 9. The molecule has 3 aromatic carbocycles. The van der Waals surface area contributed by atoms with Crippen molar-refractivity contribution in [3.8, 4) is 11.5 Å². The van der Waals surface area contributed by atoms with Crippen molar-refractivity contribution < 1.29 is 28.6 Å². The molecule has 0 radical (unpaired) electrons. The number of ether oxygens (including phenoxy) is 2. The summed E-state index contributed by atoms with van der Waals surface area (Å²) in [6, 6.07) is 18.9. The number of methoxy groups -OCH3 is 2. The summed E-state index contributed by atoms with van der Waals surface area (Å²) in [5.41, 5.74) is 1.31. The van der Waals surface area contributed by atoms with Crippen LogP contribution in [-0.2, 0) is 15.3 Å². The molecule has 8 nitrogen and oxygen atoms in total. The lowest BCUT2D eigenvalue weighted by Crippen LogP contribution is -2.29. The number of Topliss-reactive ketones (excluding diaryl/α,β-unsaturated/α-hetero) is 1. The van der Waals surface area contributed by atoms with Crippen LogP contribution in [0.3, 0.4) is 0 Å². The minimum Gasteiger partial charge on any atom is -0.507 e. The van der Waals surface area contributed by atoms with Gasteiger partial charge in [0.1, 0.15) is 23.1 Å². The fourth-order valence-corrected chi connectivity index (χ4v) is 6.03. The van der Waals surface area contributed by atoms with Crippen molar-refractivity contribution in [2.75, 3.05) is 19.1 Å². The van der Waals surface area contributed by atoms with E-state index in [9.17, 15) is 19.1 Å². The van der Waals surface area contributed by atoms with Gasteiger partial charge in [0.25, 0.3) is 5.78 Å². The molecule has 1 atom stereocenters. The summed E-state index contributed by atoms with van der Waals surface area (Å²) in [6.07, 6.45) is 0. The van der Waals surface area contributed by atoms with Crippen LogP contribution in [0.4, 0.5) is 9.52 Å². The van der Waals surface area contributed by atoms with E-state index in [1.807, 2.05) is 0 Å². The molecule has 198 valence electrons. The predicted molar refractivity (Wildman–Crippen MR) is 147 cm³/mol. The number of aliphatic hydroxyl groups excluding tert-OH is 1. The SMILES string of the molecule is COc1ccc(/C(O)=C2/C(=O)C(=O)N(c3nnc(SCc4ccccc4F)s3)C2c2cccc(OC)c2)cc1. The number of amides is 1. The molecule has 39 heavy (non-hydrogen) atoms. The van der Waals surface area contributed by atoms with Gasteiger partial charge < -0.3 is 14.6 Å². The number of hydrogen-bond donors (Lipinski definition) is 1. The van der Waals surface area contributed by atoms with Gasteiger partial charge in [-0.05, 0) is 53.6 Å². The fourth-order valence-electron chi connectivity index (χ4n) is 4.17. The number of aliphatic hydroxyl groups is 1. The van der Waals surface area contributed by atoms with Crippen LogP contribution >= 0.6 is 23.1 Å². The zero-order chi connectivity index (χ0) is 27.5. The molecule has 11 heteroatoms. The number of thioether (sulfide) groups is 1. The maximum Gasteiger partial charge on any atom is 0.301 e. The van der Waals surface area contributed by atoms with Crippen molar-refractivity contribution in [3.05, 3.63) is 101 Å². The lowest BCUT2D eigenvalue weighted by atomic mass is 9.95. The van der Waals surface area contributed by atoms with Gasteiger partial charge in [-0.2, -0.15) is 0 Å². The van der Waals surface area contributed by atoms with Gasteiger partial charge >= 0.3 is 5.91 Å². The smallest absolute Gasteiger partial charge is 0.301 e. The van der Waals surface area contributed by atoms with Gasteiger partial charge in [-0.15, -0.1) is 10.2 Å². The Morgan fingerprint density at radius 1 is 1.00 bits per heavy atom. The highest BCUT2D eigenvalue weighted by Gasteiger charge is 2.48. The Kier molecular flexibility index (Phi) is 7.62. The molecule has 0 saturated carbocycles. The first-order chi connectivity index (χ1) is 18.9. The van der Waals surface area contributed by atoms with Crippen molar-refractivity contribution in [3.63, 3.8) is 0 Å². The number of ketones is 1. The largest absolute Gasteiger partial charge is 0.507 e. The maximum absolute atomic E-state index is 14.1. The number of carbonyl (C=O) groups is 2. The standard InChI is InChI=1S/C28H22FN3O5S2/c1-36-19-12-10-16(11-13-19)24(33)22-23(17-7-5-8-20(14-17)37-2)32(26(35)25(22)34)27-30-31-28(39-27)38-15-18-6-3-4-9-21(18)29/h3-14,23,33H,15H2,1-2H3/b24-22-. The highest BCUT2D eigenvalue weighted by molar-refractivity contribution is 8.00. The summed E-state index contributed by atoms with van der Waals surface area (Å²) in [4.78, 5) is 28.0. The van der Waals surface area contributed by atoms with Crippen LogP contribution in [0.25, 0.3) is 5.76 Å². The van der Waals surface area contributed by atoms with E-state index >= 15 is 0 Å². The first-order valence-corrected chi connectivity index (χ1v) is 13.5. The van der Waals surface area contributed by atoms with E-state index in [4.69, 9.17) is 9.47 Å². The Labute approximate surface area is 231 Å². The number of halogens is 1. The van der Waals surface area contributed by atoms with Crippen LogP contribution in [0.5, 0.6) is 11.5 Å². The van der Waals surface area contributed by atoms with Crippen LogP contribution in [0.1, 0.15) is 22.7 Å². The van der Waals surface area contributed by atoms with Crippen molar-refractivity contribution in [1.29, 1.82) is 0 Å². The minimum atomic E-state index is -0.987. The third-order valence-corrected chi connectivity index (χ3v) is 8.23. The first kappa shape index (κ1) is 26.4. The number of aromatic nitrogens is 2. The van der Waals surface area contributed by atoms with Gasteiger partial charge in [0.05, 0.1) is 25.8 Å². The lowest BCUT2D eigenvalue weighted by molar-refractivity contribution is -0.132. The van der Waals surface area contributed by atoms with Crippen molar-refractivity contribution in [1.82, 2.24) is 10.2 Å². The average Bonchev–Trinajstić information content (AvgIpc) is 3.54. The van der Waals surface area contributed by atoms with Gasteiger partial charge in [0.15, 0.2) is 4.34 Å². The second-order valence-corrected chi connectivity index (χ2v) is 10.6. The summed E-state index contributed by atoms with van der Waals surface area (Å²) in [5, 5.41) is 19.8. The van der Waals surface area contributed by atoms with Crippen LogP contribution < -0.4 is 14.4 Å². The van der Waals surface area contributed by atoms with Crippen LogP contribution in [-0.4, -0.2) is 41.2 Å².